The SMILES string of the molecule is FC(F)(F)CCCc1c(Cl)cccc1Oc1ncc(Cl)cn1. The van der Waals surface area contributed by atoms with Gasteiger partial charge in [0, 0.05) is 17.0 Å². The number of benzene rings is 1. The Morgan fingerprint density at radius 2 is 1.77 bits per heavy atom. The Kier molecular flexibility index (Phi) is 5.47. The molecule has 8 heteroatoms. The van der Waals surface area contributed by atoms with E-state index >= 15 is 0 Å². The zero-order valence-electron chi connectivity index (χ0n) is 11.2. The molecule has 0 unspecified atom stereocenters. The van der Waals surface area contributed by atoms with Gasteiger partial charge in [0.1, 0.15) is 5.75 Å². The summed E-state index contributed by atoms with van der Waals surface area (Å²) in [6.07, 6.45) is -2.29. The molecule has 0 amide bonds. The number of alkyl halides is 3. The summed E-state index contributed by atoms with van der Waals surface area (Å²) in [4.78, 5) is 7.75. The predicted octanol–water partition coefficient (Wildman–Crippen LogP) is 5.46. The molecule has 3 nitrogen and oxygen atoms in total. The maximum atomic E-state index is 12.2. The molecule has 0 atom stereocenters. The molecule has 1 aromatic carbocycles. The van der Waals surface area contributed by atoms with E-state index in [1.165, 1.54) is 12.4 Å². The van der Waals surface area contributed by atoms with E-state index < -0.39 is 12.6 Å². The highest BCUT2D eigenvalue weighted by Crippen LogP contribution is 2.32. The number of rotatable bonds is 5. The lowest BCUT2D eigenvalue weighted by molar-refractivity contribution is -0.135. The van der Waals surface area contributed by atoms with E-state index in [1.54, 1.807) is 18.2 Å². The molecule has 0 aliphatic rings. The molecule has 0 spiro atoms. The highest BCUT2D eigenvalue weighted by Gasteiger charge is 2.26. The van der Waals surface area contributed by atoms with Crippen LogP contribution in [-0.2, 0) is 6.42 Å². The lowest BCUT2D eigenvalue weighted by Gasteiger charge is -2.12. The van der Waals surface area contributed by atoms with Crippen LogP contribution in [0.5, 0.6) is 11.8 Å². The third kappa shape index (κ3) is 5.03. The molecule has 0 bridgehead atoms. The van der Waals surface area contributed by atoms with Crippen molar-refractivity contribution in [3.8, 4) is 11.8 Å². The normalized spacial score (nSPS) is 11.5. The summed E-state index contributed by atoms with van der Waals surface area (Å²) in [5.41, 5.74) is 0.493. The van der Waals surface area contributed by atoms with Gasteiger partial charge in [-0.1, -0.05) is 29.3 Å². The van der Waals surface area contributed by atoms with Crippen molar-refractivity contribution in [2.75, 3.05) is 0 Å². The monoisotopic (exact) mass is 350 g/mol. The van der Waals surface area contributed by atoms with Crippen LogP contribution >= 0.6 is 23.2 Å². The summed E-state index contributed by atoms with van der Waals surface area (Å²) >= 11 is 11.7. The molecular weight excluding hydrogens is 340 g/mol. The number of aromatic nitrogens is 2. The zero-order valence-corrected chi connectivity index (χ0v) is 12.7. The Balaban J connectivity index is 2.13. The second-order valence-corrected chi connectivity index (χ2v) is 5.31. The summed E-state index contributed by atoms with van der Waals surface area (Å²) in [5.74, 6) is 0.331. The second-order valence-electron chi connectivity index (χ2n) is 4.47. The van der Waals surface area contributed by atoms with E-state index in [-0.39, 0.29) is 18.9 Å². The molecule has 22 heavy (non-hydrogen) atoms. The van der Waals surface area contributed by atoms with Gasteiger partial charge in [-0.2, -0.15) is 13.2 Å². The first kappa shape index (κ1) is 16.8. The average molecular weight is 351 g/mol. The second kappa shape index (κ2) is 7.15. The number of hydrogen-bond acceptors (Lipinski definition) is 3. The molecule has 1 aromatic heterocycles. The number of hydrogen-bond donors (Lipinski definition) is 0. The molecule has 0 aliphatic carbocycles. The van der Waals surface area contributed by atoms with E-state index in [4.69, 9.17) is 27.9 Å². The first-order chi connectivity index (χ1) is 10.3. The van der Waals surface area contributed by atoms with E-state index in [1.807, 2.05) is 0 Å². The van der Waals surface area contributed by atoms with Crippen LogP contribution in [-0.4, -0.2) is 16.1 Å². The van der Waals surface area contributed by atoms with Gasteiger partial charge in [0.05, 0.1) is 17.4 Å². The third-order valence-corrected chi connectivity index (χ3v) is 3.31. The molecule has 1 heterocycles. The molecule has 0 saturated carbocycles. The van der Waals surface area contributed by atoms with Gasteiger partial charge in [-0.05, 0) is 25.0 Å². The number of nitrogens with zero attached hydrogens (tertiary/aromatic N) is 2. The lowest BCUT2D eigenvalue weighted by atomic mass is 10.1. The minimum Gasteiger partial charge on any atom is -0.424 e. The number of ether oxygens (including phenoxy) is 1. The maximum absolute atomic E-state index is 12.2. The molecule has 0 saturated heterocycles. The van der Waals surface area contributed by atoms with Crippen molar-refractivity contribution in [2.24, 2.45) is 0 Å². The van der Waals surface area contributed by atoms with Gasteiger partial charge < -0.3 is 4.74 Å². The van der Waals surface area contributed by atoms with Crippen molar-refractivity contribution in [1.29, 1.82) is 0 Å². The molecule has 0 aliphatic heterocycles. The first-order valence-electron chi connectivity index (χ1n) is 6.35. The van der Waals surface area contributed by atoms with Crippen molar-refractivity contribution >= 4 is 23.2 Å². The summed E-state index contributed by atoms with van der Waals surface area (Å²) in [6.45, 7) is 0. The zero-order chi connectivity index (χ0) is 16.2. The van der Waals surface area contributed by atoms with Crippen LogP contribution in [0.2, 0.25) is 10.0 Å². The van der Waals surface area contributed by atoms with Gasteiger partial charge in [0.15, 0.2) is 0 Å². The Labute approximate surface area is 135 Å². The van der Waals surface area contributed by atoms with Crippen molar-refractivity contribution < 1.29 is 17.9 Å². The third-order valence-electron chi connectivity index (χ3n) is 2.76. The van der Waals surface area contributed by atoms with Crippen LogP contribution in [0.4, 0.5) is 13.2 Å². The molecule has 0 N–H and O–H groups in total. The van der Waals surface area contributed by atoms with E-state index in [2.05, 4.69) is 9.97 Å². The van der Waals surface area contributed by atoms with E-state index in [9.17, 15) is 13.2 Å². The molecule has 0 radical (unpaired) electrons. The molecular formula is C14H11Cl2F3N2O. The number of halogens is 5. The fourth-order valence-corrected chi connectivity index (χ4v) is 2.15. The Morgan fingerprint density at radius 3 is 2.41 bits per heavy atom. The first-order valence-corrected chi connectivity index (χ1v) is 7.10. The van der Waals surface area contributed by atoms with Gasteiger partial charge in [-0.3, -0.25) is 0 Å². The molecule has 0 fully saturated rings. The van der Waals surface area contributed by atoms with Gasteiger partial charge in [-0.25, -0.2) is 9.97 Å². The smallest absolute Gasteiger partial charge is 0.389 e. The van der Waals surface area contributed by atoms with Gasteiger partial charge in [0.2, 0.25) is 0 Å². The predicted molar refractivity (Wildman–Crippen MR) is 77.6 cm³/mol. The van der Waals surface area contributed by atoms with Crippen molar-refractivity contribution in [3.63, 3.8) is 0 Å². The minimum atomic E-state index is -4.19. The van der Waals surface area contributed by atoms with Crippen molar-refractivity contribution in [1.82, 2.24) is 9.97 Å². The van der Waals surface area contributed by atoms with Crippen LogP contribution < -0.4 is 4.74 Å². The molecule has 2 rings (SSSR count). The van der Waals surface area contributed by atoms with E-state index in [0.717, 1.165) is 0 Å². The van der Waals surface area contributed by atoms with Crippen molar-refractivity contribution in [2.45, 2.75) is 25.4 Å². The van der Waals surface area contributed by atoms with Gasteiger partial charge in [0.25, 0.3) is 0 Å². The standard InChI is InChI=1S/C14H11Cl2F3N2O/c15-9-7-20-13(21-8-9)22-12-5-1-4-11(16)10(12)3-2-6-14(17,18)19/h1,4-5,7-8H,2-3,6H2. The van der Waals surface area contributed by atoms with Crippen molar-refractivity contribution in [3.05, 3.63) is 46.2 Å². The minimum absolute atomic E-state index is 0.0451. The average Bonchev–Trinajstić information content (AvgIpc) is 2.43. The lowest BCUT2D eigenvalue weighted by Crippen LogP contribution is -2.07. The quantitative estimate of drug-likeness (QED) is 0.717. The van der Waals surface area contributed by atoms with Crippen LogP contribution in [0.25, 0.3) is 0 Å². The highest BCUT2D eigenvalue weighted by atomic mass is 35.5. The maximum Gasteiger partial charge on any atom is 0.389 e. The largest absolute Gasteiger partial charge is 0.424 e. The van der Waals surface area contributed by atoms with Crippen LogP contribution in [0.1, 0.15) is 18.4 Å². The Morgan fingerprint density at radius 1 is 1.09 bits per heavy atom. The summed E-state index contributed by atoms with van der Waals surface area (Å²) < 4.78 is 42.2. The highest BCUT2D eigenvalue weighted by molar-refractivity contribution is 6.31. The molecule has 118 valence electrons. The fraction of sp³-hybridized carbons (Fsp3) is 0.286. The Bertz CT molecular complexity index is 633. The summed E-state index contributed by atoms with van der Waals surface area (Å²) in [5, 5.41) is 0.692. The topological polar surface area (TPSA) is 35.0 Å². The van der Waals surface area contributed by atoms with Gasteiger partial charge in [-0.15, -0.1) is 0 Å². The van der Waals surface area contributed by atoms with Crippen LogP contribution in [0.3, 0.4) is 0 Å². The van der Waals surface area contributed by atoms with Crippen LogP contribution in [0.15, 0.2) is 30.6 Å². The van der Waals surface area contributed by atoms with Gasteiger partial charge >= 0.3 is 12.2 Å². The Hall–Kier alpha value is -1.53. The summed E-state index contributed by atoms with van der Waals surface area (Å²) in [7, 11) is 0. The molecule has 2 aromatic rings. The summed E-state index contributed by atoms with van der Waals surface area (Å²) in [6, 6.07) is 4.89. The van der Waals surface area contributed by atoms with E-state index in [0.29, 0.717) is 21.4 Å². The van der Waals surface area contributed by atoms with Crippen LogP contribution in [0, 0.1) is 0 Å². The fourth-order valence-electron chi connectivity index (χ4n) is 1.79.